The Morgan fingerprint density at radius 1 is 1.07 bits per heavy atom. The highest BCUT2D eigenvalue weighted by Gasteiger charge is 2.28. The van der Waals surface area contributed by atoms with E-state index in [1.807, 2.05) is 53.7 Å². The summed E-state index contributed by atoms with van der Waals surface area (Å²) in [5, 5.41) is 2.97. The lowest BCUT2D eigenvalue weighted by Gasteiger charge is -2.35. The number of piperazine rings is 1. The highest BCUT2D eigenvalue weighted by Crippen LogP contribution is 2.27. The number of rotatable bonds is 5. The van der Waals surface area contributed by atoms with Gasteiger partial charge in [-0.1, -0.05) is 18.2 Å². The van der Waals surface area contributed by atoms with E-state index < -0.39 is 0 Å². The third-order valence-electron chi connectivity index (χ3n) is 5.70. The van der Waals surface area contributed by atoms with Gasteiger partial charge in [0.1, 0.15) is 0 Å². The Kier molecular flexibility index (Phi) is 5.67. The first kappa shape index (κ1) is 18.6. The minimum atomic E-state index is -0.119. The number of amides is 2. The number of fused-ring (bicyclic) bond motifs is 1. The molecule has 0 spiro atoms. The quantitative estimate of drug-likeness (QED) is 0.867. The smallest absolute Gasteiger partial charge is 0.227 e. The predicted molar refractivity (Wildman–Crippen MR) is 108 cm³/mol. The lowest BCUT2D eigenvalue weighted by molar-refractivity contribution is -0.133. The van der Waals surface area contributed by atoms with Crippen LogP contribution in [0.25, 0.3) is 0 Å². The molecular weight excluding hydrogens is 352 g/mol. The van der Waals surface area contributed by atoms with Gasteiger partial charge in [-0.25, -0.2) is 0 Å². The molecular formula is C22H26N4O2. The van der Waals surface area contributed by atoms with Crippen LogP contribution in [0.15, 0.2) is 48.8 Å². The number of anilines is 1. The van der Waals surface area contributed by atoms with E-state index in [1.54, 1.807) is 0 Å². The van der Waals surface area contributed by atoms with Gasteiger partial charge in [-0.15, -0.1) is 0 Å². The Hall–Kier alpha value is -2.73. The molecule has 2 aromatic rings. The summed E-state index contributed by atoms with van der Waals surface area (Å²) in [5.74, 6) is 0.0794. The maximum absolute atomic E-state index is 12.6. The van der Waals surface area contributed by atoms with Gasteiger partial charge in [-0.05, 0) is 42.2 Å². The summed E-state index contributed by atoms with van der Waals surface area (Å²) in [6.45, 7) is 4.16. The van der Waals surface area contributed by atoms with Crippen molar-refractivity contribution in [2.24, 2.45) is 5.92 Å². The second kappa shape index (κ2) is 8.52. The van der Waals surface area contributed by atoms with Crippen molar-refractivity contribution in [3.05, 3.63) is 59.9 Å². The molecule has 2 aliphatic rings. The molecule has 6 nitrogen and oxygen atoms in total. The van der Waals surface area contributed by atoms with Crippen LogP contribution >= 0.6 is 0 Å². The Morgan fingerprint density at radius 2 is 1.82 bits per heavy atom. The van der Waals surface area contributed by atoms with Crippen molar-refractivity contribution in [2.45, 2.75) is 25.8 Å². The Bertz CT molecular complexity index is 831. The number of nitrogens with zero attached hydrogens (tertiary/aromatic N) is 3. The first-order valence-corrected chi connectivity index (χ1v) is 9.97. The molecule has 6 heteroatoms. The summed E-state index contributed by atoms with van der Waals surface area (Å²) in [6, 6.07) is 12.0. The predicted octanol–water partition coefficient (Wildman–Crippen LogP) is 2.32. The van der Waals surface area contributed by atoms with Crippen molar-refractivity contribution in [1.29, 1.82) is 0 Å². The zero-order chi connectivity index (χ0) is 19.3. The molecule has 0 radical (unpaired) electrons. The zero-order valence-electron chi connectivity index (χ0n) is 16.0. The van der Waals surface area contributed by atoms with E-state index in [9.17, 15) is 9.59 Å². The van der Waals surface area contributed by atoms with Crippen molar-refractivity contribution in [2.75, 3.05) is 31.5 Å². The summed E-state index contributed by atoms with van der Waals surface area (Å²) in [6.07, 6.45) is 5.39. The topological polar surface area (TPSA) is 65.5 Å². The molecule has 2 aliphatic heterocycles. The molecule has 1 aromatic heterocycles. The van der Waals surface area contributed by atoms with Crippen LogP contribution in [0.1, 0.15) is 24.0 Å². The minimum Gasteiger partial charge on any atom is -0.340 e. The standard InChI is InChI=1S/C22H26N4O2/c27-21(6-5-19-15-18-3-1-2-4-20(18)24-22(19)28)26-13-11-25(12-14-26)16-17-7-9-23-10-8-17/h1-4,7-10,19H,5-6,11-16H2,(H,24,28). The van der Waals surface area contributed by atoms with Crippen LogP contribution in [0, 0.1) is 5.92 Å². The fraction of sp³-hybridized carbons (Fsp3) is 0.409. The number of aromatic nitrogens is 1. The van der Waals surface area contributed by atoms with Crippen molar-refractivity contribution < 1.29 is 9.59 Å². The molecule has 1 atom stereocenters. The first-order chi connectivity index (χ1) is 13.7. The molecule has 28 heavy (non-hydrogen) atoms. The molecule has 0 bridgehead atoms. The van der Waals surface area contributed by atoms with Crippen molar-refractivity contribution in [1.82, 2.24) is 14.8 Å². The van der Waals surface area contributed by atoms with E-state index in [1.165, 1.54) is 5.56 Å². The van der Waals surface area contributed by atoms with E-state index in [4.69, 9.17) is 0 Å². The zero-order valence-corrected chi connectivity index (χ0v) is 16.0. The lowest BCUT2D eigenvalue weighted by Crippen LogP contribution is -2.48. The SMILES string of the molecule is O=C1Nc2ccccc2CC1CCC(=O)N1CCN(Cc2ccncc2)CC1. The van der Waals surface area contributed by atoms with Gasteiger partial charge in [0.15, 0.2) is 0 Å². The van der Waals surface area contributed by atoms with Crippen LogP contribution in [0.5, 0.6) is 0 Å². The molecule has 2 amide bonds. The van der Waals surface area contributed by atoms with Gasteiger partial charge in [-0.3, -0.25) is 19.5 Å². The summed E-state index contributed by atoms with van der Waals surface area (Å²) in [5.41, 5.74) is 3.31. The maximum Gasteiger partial charge on any atom is 0.227 e. The maximum atomic E-state index is 12.6. The van der Waals surface area contributed by atoms with Crippen molar-refractivity contribution in [3.8, 4) is 0 Å². The van der Waals surface area contributed by atoms with Gasteiger partial charge >= 0.3 is 0 Å². The van der Waals surface area contributed by atoms with E-state index in [0.717, 1.165) is 50.4 Å². The summed E-state index contributed by atoms with van der Waals surface area (Å²) < 4.78 is 0. The number of pyridine rings is 1. The van der Waals surface area contributed by atoms with E-state index in [-0.39, 0.29) is 17.7 Å². The Balaban J connectivity index is 1.23. The van der Waals surface area contributed by atoms with Crippen molar-refractivity contribution >= 4 is 17.5 Å². The largest absolute Gasteiger partial charge is 0.340 e. The number of benzene rings is 1. The van der Waals surface area contributed by atoms with Gasteiger partial charge < -0.3 is 10.2 Å². The van der Waals surface area contributed by atoms with Crippen molar-refractivity contribution in [3.63, 3.8) is 0 Å². The summed E-state index contributed by atoms with van der Waals surface area (Å²) in [7, 11) is 0. The highest BCUT2D eigenvalue weighted by atomic mass is 16.2. The first-order valence-electron chi connectivity index (χ1n) is 9.97. The molecule has 3 heterocycles. The molecule has 1 fully saturated rings. The summed E-state index contributed by atoms with van der Waals surface area (Å²) >= 11 is 0. The second-order valence-electron chi connectivity index (χ2n) is 7.60. The third kappa shape index (κ3) is 4.39. The number of hydrogen-bond acceptors (Lipinski definition) is 4. The lowest BCUT2D eigenvalue weighted by atomic mass is 9.89. The molecule has 1 unspecified atom stereocenters. The highest BCUT2D eigenvalue weighted by molar-refractivity contribution is 5.96. The molecule has 1 aromatic carbocycles. The number of hydrogen-bond donors (Lipinski definition) is 1. The average molecular weight is 378 g/mol. The van der Waals surface area contributed by atoms with Crippen LogP contribution in [0.2, 0.25) is 0 Å². The molecule has 146 valence electrons. The molecule has 1 saturated heterocycles. The molecule has 1 N–H and O–H groups in total. The monoisotopic (exact) mass is 378 g/mol. The average Bonchev–Trinajstić information content (AvgIpc) is 2.73. The number of carbonyl (C=O) groups excluding carboxylic acids is 2. The van der Waals surface area contributed by atoms with Gasteiger partial charge in [0.2, 0.25) is 11.8 Å². The Morgan fingerprint density at radius 3 is 2.61 bits per heavy atom. The second-order valence-corrected chi connectivity index (χ2v) is 7.60. The molecule has 4 rings (SSSR count). The normalized spacial score (nSPS) is 19.8. The van der Waals surface area contributed by atoms with Crippen LogP contribution in [-0.2, 0) is 22.6 Å². The van der Waals surface area contributed by atoms with E-state index in [2.05, 4.69) is 15.2 Å². The third-order valence-corrected chi connectivity index (χ3v) is 5.70. The Labute approximate surface area is 165 Å². The van der Waals surface area contributed by atoms with Gasteiger partial charge in [0, 0.05) is 63.1 Å². The fourth-order valence-electron chi connectivity index (χ4n) is 4.00. The number of para-hydroxylation sites is 1. The number of nitrogens with one attached hydrogen (secondary N) is 1. The summed E-state index contributed by atoms with van der Waals surface area (Å²) in [4.78, 5) is 33.3. The van der Waals surface area contributed by atoms with E-state index in [0.29, 0.717) is 12.8 Å². The fourth-order valence-corrected chi connectivity index (χ4v) is 4.00. The molecule has 0 saturated carbocycles. The van der Waals surface area contributed by atoms with Gasteiger partial charge in [-0.2, -0.15) is 0 Å². The van der Waals surface area contributed by atoms with Gasteiger partial charge in [0.25, 0.3) is 0 Å². The minimum absolute atomic E-state index is 0.0358. The van der Waals surface area contributed by atoms with E-state index >= 15 is 0 Å². The van der Waals surface area contributed by atoms with Gasteiger partial charge in [0.05, 0.1) is 0 Å². The van der Waals surface area contributed by atoms with Crippen LogP contribution in [-0.4, -0.2) is 52.8 Å². The van der Waals surface area contributed by atoms with Crippen LogP contribution < -0.4 is 5.32 Å². The molecule has 0 aliphatic carbocycles. The number of carbonyl (C=O) groups is 2. The van der Waals surface area contributed by atoms with Crippen LogP contribution in [0.4, 0.5) is 5.69 Å². The van der Waals surface area contributed by atoms with Crippen LogP contribution in [0.3, 0.4) is 0 Å².